The fourth-order valence-corrected chi connectivity index (χ4v) is 3.60. The Morgan fingerprint density at radius 1 is 1.16 bits per heavy atom. The molecule has 0 saturated carbocycles. The summed E-state index contributed by atoms with van der Waals surface area (Å²) in [5.41, 5.74) is 0. The van der Waals surface area contributed by atoms with Gasteiger partial charge in [-0.25, -0.2) is 8.42 Å². The van der Waals surface area contributed by atoms with Crippen LogP contribution in [0.4, 0.5) is 0 Å². The number of hydrogen-bond acceptors (Lipinski definition) is 5. The number of sulfone groups is 1. The number of amides is 2. The van der Waals surface area contributed by atoms with Crippen LogP contribution in [0.5, 0.6) is 5.75 Å². The zero-order valence-corrected chi connectivity index (χ0v) is 15.9. The highest BCUT2D eigenvalue weighted by Gasteiger charge is 2.18. The molecule has 0 fully saturated rings. The molecule has 0 spiro atoms. The first-order chi connectivity index (χ1) is 11.8. The van der Waals surface area contributed by atoms with Crippen LogP contribution in [0.2, 0.25) is 5.02 Å². The maximum Gasteiger partial charge on any atom is 0.221 e. The minimum absolute atomic E-state index is 0.0569. The van der Waals surface area contributed by atoms with Gasteiger partial charge in [0.25, 0.3) is 0 Å². The number of carbonyl (C=O) groups is 2. The topological polar surface area (TPSA) is 102 Å². The molecule has 0 aliphatic carbocycles. The summed E-state index contributed by atoms with van der Waals surface area (Å²) in [6.07, 6.45) is 1.31. The van der Waals surface area contributed by atoms with E-state index in [1.165, 1.54) is 32.2 Å². The highest BCUT2D eigenvalue weighted by atomic mass is 35.5. The number of methoxy groups -OCH3 is 1. The first-order valence-electron chi connectivity index (χ1n) is 7.83. The fourth-order valence-electron chi connectivity index (χ4n) is 2.02. The van der Waals surface area contributed by atoms with Crippen molar-refractivity contribution < 1.29 is 22.7 Å². The molecule has 0 aliphatic heterocycles. The summed E-state index contributed by atoms with van der Waals surface area (Å²) in [6.45, 7) is 2.43. The van der Waals surface area contributed by atoms with Crippen LogP contribution in [0, 0.1) is 0 Å². The standard InChI is InChI=1S/C16H23ClN2O5S/c1-12(20)18-8-3-4-9-19-16(21)7-10-25(22,23)13-5-6-15(24-2)14(17)11-13/h5-6,11H,3-4,7-10H2,1-2H3,(H,18,20)(H,19,21). The van der Waals surface area contributed by atoms with E-state index in [0.717, 1.165) is 6.42 Å². The number of nitrogens with one attached hydrogen (secondary N) is 2. The molecule has 1 aromatic carbocycles. The van der Waals surface area contributed by atoms with Gasteiger partial charge in [0, 0.05) is 26.4 Å². The molecule has 0 heterocycles. The lowest BCUT2D eigenvalue weighted by Crippen LogP contribution is -2.27. The van der Waals surface area contributed by atoms with Gasteiger partial charge in [0.05, 0.1) is 22.8 Å². The molecule has 0 aromatic heterocycles. The van der Waals surface area contributed by atoms with Crippen molar-refractivity contribution in [2.24, 2.45) is 0 Å². The second-order valence-electron chi connectivity index (χ2n) is 5.41. The normalized spacial score (nSPS) is 11.0. The number of hydrogen-bond donors (Lipinski definition) is 2. The van der Waals surface area contributed by atoms with Crippen molar-refractivity contribution in [3.63, 3.8) is 0 Å². The third-order valence-corrected chi connectivity index (χ3v) is 5.39. The zero-order valence-electron chi connectivity index (χ0n) is 14.3. The molecule has 25 heavy (non-hydrogen) atoms. The van der Waals surface area contributed by atoms with Crippen LogP contribution in [0.15, 0.2) is 23.1 Å². The molecule has 0 unspecified atom stereocenters. The van der Waals surface area contributed by atoms with Crippen molar-refractivity contribution >= 4 is 33.3 Å². The molecule has 1 aromatic rings. The Morgan fingerprint density at radius 3 is 2.36 bits per heavy atom. The molecule has 0 bridgehead atoms. The lowest BCUT2D eigenvalue weighted by molar-refractivity contribution is -0.121. The van der Waals surface area contributed by atoms with Gasteiger partial charge in [-0.1, -0.05) is 11.6 Å². The average molecular weight is 391 g/mol. The first-order valence-corrected chi connectivity index (χ1v) is 9.86. The molecule has 1 rings (SSSR count). The van der Waals surface area contributed by atoms with Gasteiger partial charge in [0.1, 0.15) is 5.75 Å². The average Bonchev–Trinajstić information content (AvgIpc) is 2.55. The van der Waals surface area contributed by atoms with Gasteiger partial charge in [0.15, 0.2) is 9.84 Å². The van der Waals surface area contributed by atoms with Crippen LogP contribution in [-0.4, -0.2) is 46.2 Å². The Morgan fingerprint density at radius 2 is 1.80 bits per heavy atom. The Kier molecular flexibility index (Phi) is 8.71. The van der Waals surface area contributed by atoms with E-state index in [0.29, 0.717) is 25.3 Å². The minimum atomic E-state index is -3.60. The Hall–Kier alpha value is -1.80. The van der Waals surface area contributed by atoms with Crippen molar-refractivity contribution in [1.29, 1.82) is 0 Å². The van der Waals surface area contributed by atoms with E-state index in [4.69, 9.17) is 16.3 Å². The molecule has 0 saturated heterocycles. The zero-order chi connectivity index (χ0) is 18.9. The highest BCUT2D eigenvalue weighted by molar-refractivity contribution is 7.91. The number of benzene rings is 1. The van der Waals surface area contributed by atoms with Crippen molar-refractivity contribution in [3.8, 4) is 5.75 Å². The lowest BCUT2D eigenvalue weighted by atomic mass is 10.3. The maximum absolute atomic E-state index is 12.2. The van der Waals surface area contributed by atoms with Crippen LogP contribution < -0.4 is 15.4 Å². The summed E-state index contributed by atoms with van der Waals surface area (Å²) in [6, 6.07) is 4.19. The van der Waals surface area contributed by atoms with E-state index >= 15 is 0 Å². The van der Waals surface area contributed by atoms with Gasteiger partial charge in [-0.05, 0) is 31.0 Å². The summed E-state index contributed by atoms with van der Waals surface area (Å²) in [5, 5.41) is 5.52. The van der Waals surface area contributed by atoms with Crippen LogP contribution >= 0.6 is 11.6 Å². The van der Waals surface area contributed by atoms with Gasteiger partial charge in [-0.15, -0.1) is 0 Å². The predicted molar refractivity (Wildman–Crippen MR) is 95.6 cm³/mol. The smallest absolute Gasteiger partial charge is 0.221 e. The van der Waals surface area contributed by atoms with E-state index in [1.807, 2.05) is 0 Å². The summed E-state index contributed by atoms with van der Waals surface area (Å²) in [5.74, 6) is -0.332. The van der Waals surface area contributed by atoms with Crippen molar-refractivity contribution in [2.75, 3.05) is 26.0 Å². The van der Waals surface area contributed by atoms with Gasteiger partial charge >= 0.3 is 0 Å². The third kappa shape index (κ3) is 7.74. The summed E-state index contributed by atoms with van der Waals surface area (Å²) >= 11 is 5.93. The fraction of sp³-hybridized carbons (Fsp3) is 0.500. The molecular weight excluding hydrogens is 368 g/mol. The van der Waals surface area contributed by atoms with Crippen LogP contribution in [0.3, 0.4) is 0 Å². The van der Waals surface area contributed by atoms with Crippen molar-refractivity contribution in [2.45, 2.75) is 31.1 Å². The molecule has 0 aliphatic rings. The molecule has 2 N–H and O–H groups in total. The van der Waals surface area contributed by atoms with E-state index in [9.17, 15) is 18.0 Å². The number of ether oxygens (including phenoxy) is 1. The van der Waals surface area contributed by atoms with E-state index < -0.39 is 9.84 Å². The van der Waals surface area contributed by atoms with E-state index in [2.05, 4.69) is 10.6 Å². The van der Waals surface area contributed by atoms with Gasteiger partial charge in [0.2, 0.25) is 11.8 Å². The SMILES string of the molecule is COc1ccc(S(=O)(=O)CCC(=O)NCCCCNC(C)=O)cc1Cl. The molecule has 9 heteroatoms. The van der Waals surface area contributed by atoms with Crippen molar-refractivity contribution in [1.82, 2.24) is 10.6 Å². The summed E-state index contributed by atoms with van der Waals surface area (Å²) in [7, 11) is -2.16. The quantitative estimate of drug-likeness (QED) is 0.590. The molecule has 7 nitrogen and oxygen atoms in total. The third-order valence-electron chi connectivity index (χ3n) is 3.38. The lowest BCUT2D eigenvalue weighted by Gasteiger charge is -2.08. The molecule has 140 valence electrons. The highest BCUT2D eigenvalue weighted by Crippen LogP contribution is 2.27. The molecule has 0 atom stereocenters. The van der Waals surface area contributed by atoms with Gasteiger partial charge in [-0.2, -0.15) is 0 Å². The molecule has 2 amide bonds. The van der Waals surface area contributed by atoms with E-state index in [-0.39, 0.29) is 33.9 Å². The Balaban J connectivity index is 2.39. The summed E-state index contributed by atoms with van der Waals surface area (Å²) < 4.78 is 29.5. The van der Waals surface area contributed by atoms with Crippen LogP contribution in [0.1, 0.15) is 26.2 Å². The van der Waals surface area contributed by atoms with Gasteiger partial charge in [-0.3, -0.25) is 9.59 Å². The Labute approximate surface area is 153 Å². The van der Waals surface area contributed by atoms with E-state index in [1.54, 1.807) is 0 Å². The number of rotatable bonds is 10. The van der Waals surface area contributed by atoms with Crippen molar-refractivity contribution in [3.05, 3.63) is 23.2 Å². The minimum Gasteiger partial charge on any atom is -0.495 e. The number of carbonyl (C=O) groups excluding carboxylic acids is 2. The summed E-state index contributed by atoms with van der Waals surface area (Å²) in [4.78, 5) is 22.5. The van der Waals surface area contributed by atoms with Gasteiger partial charge < -0.3 is 15.4 Å². The molecular formula is C16H23ClN2O5S. The Bertz CT molecular complexity index is 706. The number of halogens is 1. The molecule has 0 radical (unpaired) electrons. The van der Waals surface area contributed by atoms with Crippen LogP contribution in [-0.2, 0) is 19.4 Å². The number of unbranched alkanes of at least 4 members (excludes halogenated alkanes) is 1. The predicted octanol–water partition coefficient (Wildman–Crippen LogP) is 1.54. The second-order valence-corrected chi connectivity index (χ2v) is 7.92. The maximum atomic E-state index is 12.2. The largest absolute Gasteiger partial charge is 0.495 e. The first kappa shape index (κ1) is 21.2. The monoisotopic (exact) mass is 390 g/mol. The second kappa shape index (κ2) is 10.2. The van der Waals surface area contributed by atoms with Crippen LogP contribution in [0.25, 0.3) is 0 Å².